The zero-order chi connectivity index (χ0) is 8.97. The number of fused-ring (bicyclic) bond motifs is 1. The standard InChI is InChI=1S/C7H10N2S.C2H6/c1-5-9-6-2-3-8-4-7(6)10-5;1-2/h8H,2-4H2,1H3;1-2H3. The molecule has 0 saturated carbocycles. The van der Waals surface area contributed by atoms with Crippen molar-refractivity contribution in [2.75, 3.05) is 6.54 Å². The van der Waals surface area contributed by atoms with E-state index in [1.807, 2.05) is 25.2 Å². The van der Waals surface area contributed by atoms with Gasteiger partial charge >= 0.3 is 0 Å². The molecular formula is C9H16N2S. The van der Waals surface area contributed by atoms with E-state index in [-0.39, 0.29) is 0 Å². The third kappa shape index (κ3) is 2.05. The van der Waals surface area contributed by atoms with Crippen molar-refractivity contribution in [1.29, 1.82) is 0 Å². The van der Waals surface area contributed by atoms with E-state index in [0.717, 1.165) is 19.5 Å². The minimum absolute atomic E-state index is 1.03. The Bertz CT molecular complexity index is 219. The van der Waals surface area contributed by atoms with Crippen molar-refractivity contribution in [3.63, 3.8) is 0 Å². The van der Waals surface area contributed by atoms with Crippen molar-refractivity contribution in [2.45, 2.75) is 33.7 Å². The first-order chi connectivity index (χ1) is 5.86. The highest BCUT2D eigenvalue weighted by molar-refractivity contribution is 7.11. The molecule has 1 N–H and O–H groups in total. The molecule has 1 aromatic heterocycles. The van der Waals surface area contributed by atoms with E-state index < -0.39 is 0 Å². The molecule has 0 unspecified atom stereocenters. The van der Waals surface area contributed by atoms with Crippen LogP contribution in [0.3, 0.4) is 0 Å². The summed E-state index contributed by atoms with van der Waals surface area (Å²) in [5.74, 6) is 0. The summed E-state index contributed by atoms with van der Waals surface area (Å²) in [5.41, 5.74) is 1.32. The van der Waals surface area contributed by atoms with Gasteiger partial charge in [-0.1, -0.05) is 13.8 Å². The van der Waals surface area contributed by atoms with Gasteiger partial charge in [0.25, 0.3) is 0 Å². The maximum absolute atomic E-state index is 4.43. The highest BCUT2D eigenvalue weighted by atomic mass is 32.1. The van der Waals surface area contributed by atoms with E-state index >= 15 is 0 Å². The largest absolute Gasteiger partial charge is 0.311 e. The van der Waals surface area contributed by atoms with Crippen molar-refractivity contribution < 1.29 is 0 Å². The van der Waals surface area contributed by atoms with Gasteiger partial charge in [0, 0.05) is 24.4 Å². The summed E-state index contributed by atoms with van der Waals surface area (Å²) in [4.78, 5) is 5.86. The number of thiazole rings is 1. The van der Waals surface area contributed by atoms with Crippen LogP contribution in [-0.4, -0.2) is 11.5 Å². The van der Waals surface area contributed by atoms with Crippen molar-refractivity contribution in [2.24, 2.45) is 0 Å². The lowest BCUT2D eigenvalue weighted by Gasteiger charge is -2.09. The van der Waals surface area contributed by atoms with Crippen molar-refractivity contribution in [1.82, 2.24) is 10.3 Å². The number of nitrogens with zero attached hydrogens (tertiary/aromatic N) is 1. The molecule has 2 heterocycles. The molecule has 1 aliphatic heterocycles. The quantitative estimate of drug-likeness (QED) is 0.668. The Morgan fingerprint density at radius 3 is 2.83 bits per heavy atom. The summed E-state index contributed by atoms with van der Waals surface area (Å²) in [6.07, 6.45) is 1.11. The zero-order valence-corrected chi connectivity index (χ0v) is 8.79. The fourth-order valence-corrected chi connectivity index (χ4v) is 2.21. The van der Waals surface area contributed by atoms with E-state index in [1.165, 1.54) is 15.6 Å². The van der Waals surface area contributed by atoms with Gasteiger partial charge in [-0.25, -0.2) is 4.98 Å². The van der Waals surface area contributed by atoms with Crippen molar-refractivity contribution in [3.05, 3.63) is 15.6 Å². The molecular weight excluding hydrogens is 168 g/mol. The first kappa shape index (κ1) is 9.68. The smallest absolute Gasteiger partial charge is 0.0900 e. The van der Waals surface area contributed by atoms with Gasteiger partial charge in [0.2, 0.25) is 0 Å². The number of rotatable bonds is 0. The lowest BCUT2D eigenvalue weighted by atomic mass is 10.2. The van der Waals surface area contributed by atoms with Gasteiger partial charge < -0.3 is 5.32 Å². The van der Waals surface area contributed by atoms with Gasteiger partial charge in [-0.05, 0) is 6.92 Å². The normalized spacial score (nSPS) is 14.6. The van der Waals surface area contributed by atoms with E-state index in [9.17, 15) is 0 Å². The maximum Gasteiger partial charge on any atom is 0.0900 e. The number of aryl methyl sites for hydroxylation is 1. The Labute approximate surface area is 78.0 Å². The summed E-state index contributed by atoms with van der Waals surface area (Å²) >= 11 is 1.82. The van der Waals surface area contributed by atoms with Crippen LogP contribution in [0.4, 0.5) is 0 Å². The van der Waals surface area contributed by atoms with Crippen LogP contribution in [-0.2, 0) is 13.0 Å². The van der Waals surface area contributed by atoms with Crippen molar-refractivity contribution in [3.8, 4) is 0 Å². The molecule has 0 spiro atoms. The highest BCUT2D eigenvalue weighted by Gasteiger charge is 2.11. The van der Waals surface area contributed by atoms with Crippen LogP contribution in [0, 0.1) is 6.92 Å². The minimum Gasteiger partial charge on any atom is -0.311 e. The summed E-state index contributed by atoms with van der Waals surface area (Å²) in [6, 6.07) is 0. The lowest BCUT2D eigenvalue weighted by Crippen LogP contribution is -2.22. The number of hydrogen-bond donors (Lipinski definition) is 1. The first-order valence-electron chi connectivity index (χ1n) is 4.52. The van der Waals surface area contributed by atoms with Gasteiger partial charge in [0.1, 0.15) is 0 Å². The molecule has 2 nitrogen and oxygen atoms in total. The van der Waals surface area contributed by atoms with Crippen LogP contribution >= 0.6 is 11.3 Å². The fraction of sp³-hybridized carbons (Fsp3) is 0.667. The summed E-state index contributed by atoms with van der Waals surface area (Å²) in [5, 5.41) is 4.53. The number of hydrogen-bond acceptors (Lipinski definition) is 3. The second kappa shape index (κ2) is 4.58. The van der Waals surface area contributed by atoms with Crippen molar-refractivity contribution >= 4 is 11.3 Å². The monoisotopic (exact) mass is 184 g/mol. The van der Waals surface area contributed by atoms with Gasteiger partial charge in [-0.2, -0.15) is 0 Å². The highest BCUT2D eigenvalue weighted by Crippen LogP contribution is 2.20. The first-order valence-corrected chi connectivity index (χ1v) is 5.34. The molecule has 12 heavy (non-hydrogen) atoms. The molecule has 1 aliphatic rings. The number of nitrogens with one attached hydrogen (secondary N) is 1. The molecule has 3 heteroatoms. The molecule has 0 aromatic carbocycles. The molecule has 2 rings (SSSR count). The Morgan fingerprint density at radius 1 is 1.42 bits per heavy atom. The Kier molecular flexibility index (Phi) is 3.69. The predicted octanol–water partition coefficient (Wildman–Crippen LogP) is 2.12. The molecule has 0 saturated heterocycles. The number of aromatic nitrogens is 1. The predicted molar refractivity (Wildman–Crippen MR) is 53.6 cm³/mol. The maximum atomic E-state index is 4.43. The van der Waals surface area contributed by atoms with Gasteiger partial charge in [0.05, 0.1) is 10.7 Å². The summed E-state index contributed by atoms with van der Waals surface area (Å²) in [6.45, 7) is 8.19. The second-order valence-electron chi connectivity index (χ2n) is 2.53. The van der Waals surface area contributed by atoms with E-state index in [1.54, 1.807) is 0 Å². The second-order valence-corrected chi connectivity index (χ2v) is 3.82. The van der Waals surface area contributed by atoms with Crippen LogP contribution in [0.25, 0.3) is 0 Å². The van der Waals surface area contributed by atoms with Gasteiger partial charge in [0.15, 0.2) is 0 Å². The molecule has 0 amide bonds. The summed E-state index contributed by atoms with van der Waals surface area (Å²) in [7, 11) is 0. The average molecular weight is 184 g/mol. The Morgan fingerprint density at radius 2 is 2.17 bits per heavy atom. The molecule has 0 aliphatic carbocycles. The zero-order valence-electron chi connectivity index (χ0n) is 7.98. The topological polar surface area (TPSA) is 24.9 Å². The molecule has 1 aromatic rings. The molecule has 0 atom stereocenters. The minimum atomic E-state index is 1.03. The van der Waals surface area contributed by atoms with Crippen LogP contribution in [0.2, 0.25) is 0 Å². The molecule has 0 fully saturated rings. The van der Waals surface area contributed by atoms with Crippen LogP contribution in [0.5, 0.6) is 0 Å². The van der Waals surface area contributed by atoms with Gasteiger partial charge in [-0.3, -0.25) is 0 Å². The molecule has 0 radical (unpaired) electrons. The third-order valence-electron chi connectivity index (χ3n) is 1.71. The van der Waals surface area contributed by atoms with E-state index in [4.69, 9.17) is 0 Å². The van der Waals surface area contributed by atoms with Crippen LogP contribution < -0.4 is 5.32 Å². The Balaban J connectivity index is 0.000000336. The molecule has 68 valence electrons. The van der Waals surface area contributed by atoms with Crippen LogP contribution in [0.15, 0.2) is 0 Å². The SMILES string of the molecule is CC.Cc1nc2c(s1)CNCC2. The average Bonchev–Trinajstić information content (AvgIpc) is 2.48. The Hall–Kier alpha value is -0.410. The van der Waals surface area contributed by atoms with E-state index in [2.05, 4.69) is 17.2 Å². The summed E-state index contributed by atoms with van der Waals surface area (Å²) < 4.78 is 0. The lowest BCUT2D eigenvalue weighted by molar-refractivity contribution is 0.643. The molecule has 0 bridgehead atoms. The van der Waals surface area contributed by atoms with E-state index in [0.29, 0.717) is 0 Å². The fourth-order valence-electron chi connectivity index (χ4n) is 1.25. The third-order valence-corrected chi connectivity index (χ3v) is 2.72. The van der Waals surface area contributed by atoms with Crippen LogP contribution in [0.1, 0.15) is 29.4 Å². The van der Waals surface area contributed by atoms with Gasteiger partial charge in [-0.15, -0.1) is 11.3 Å².